The van der Waals surface area contributed by atoms with E-state index < -0.39 is 0 Å². The predicted octanol–water partition coefficient (Wildman–Crippen LogP) is 2.36. The normalized spacial score (nSPS) is 12.4. The van der Waals surface area contributed by atoms with Crippen LogP contribution in [0, 0.1) is 13.8 Å². The first-order chi connectivity index (χ1) is 9.17. The molecule has 0 aromatic carbocycles. The van der Waals surface area contributed by atoms with Crippen molar-refractivity contribution in [3.8, 4) is 0 Å². The molecule has 2 aromatic rings. The summed E-state index contributed by atoms with van der Waals surface area (Å²) in [6, 6.07) is 4.25. The molecule has 2 heterocycles. The Bertz CT molecular complexity index is 566. The minimum Gasteiger partial charge on any atom is -0.309 e. The smallest absolute Gasteiger partial charge is 0.0679 e. The van der Waals surface area contributed by atoms with Gasteiger partial charge in [0.25, 0.3) is 0 Å². The molecule has 0 bridgehead atoms. The van der Waals surface area contributed by atoms with Crippen LogP contribution in [0.2, 0.25) is 0 Å². The van der Waals surface area contributed by atoms with Gasteiger partial charge in [0.15, 0.2) is 0 Å². The highest BCUT2D eigenvalue weighted by atomic mass is 15.1. The fourth-order valence-electron chi connectivity index (χ4n) is 2.32. The zero-order chi connectivity index (χ0) is 13.8. The van der Waals surface area contributed by atoms with E-state index in [-0.39, 0.29) is 6.04 Å². The topological polar surface area (TPSA) is 50.7 Å². The monoisotopic (exact) mass is 256 g/mol. The number of hydrogen-bond acceptors (Lipinski definition) is 4. The van der Waals surface area contributed by atoms with Gasteiger partial charge in [-0.05, 0) is 56.1 Å². The Morgan fingerprint density at radius 3 is 2.63 bits per heavy atom. The lowest BCUT2D eigenvalue weighted by Gasteiger charge is -2.21. The van der Waals surface area contributed by atoms with Crippen LogP contribution < -0.4 is 5.32 Å². The van der Waals surface area contributed by atoms with Crippen molar-refractivity contribution in [2.45, 2.75) is 33.2 Å². The van der Waals surface area contributed by atoms with Crippen LogP contribution in [0.4, 0.5) is 0 Å². The van der Waals surface area contributed by atoms with Crippen molar-refractivity contribution in [2.24, 2.45) is 0 Å². The summed E-state index contributed by atoms with van der Waals surface area (Å²) in [5, 5.41) is 11.8. The summed E-state index contributed by atoms with van der Waals surface area (Å²) in [5.74, 6) is 0. The predicted molar refractivity (Wildman–Crippen MR) is 76.0 cm³/mol. The summed E-state index contributed by atoms with van der Waals surface area (Å²) in [5.41, 5.74) is 5.58. The Balaban J connectivity index is 2.54. The lowest BCUT2D eigenvalue weighted by Crippen LogP contribution is -2.21. The molecule has 2 rings (SSSR count). The highest BCUT2D eigenvalue weighted by molar-refractivity contribution is 5.37. The van der Waals surface area contributed by atoms with Gasteiger partial charge in [0.1, 0.15) is 0 Å². The van der Waals surface area contributed by atoms with E-state index >= 15 is 0 Å². The molecule has 2 aromatic heterocycles. The zero-order valence-corrected chi connectivity index (χ0v) is 11.9. The molecule has 100 valence electrons. The van der Waals surface area contributed by atoms with Crippen molar-refractivity contribution in [3.63, 3.8) is 0 Å². The van der Waals surface area contributed by atoms with Gasteiger partial charge in [-0.1, -0.05) is 6.92 Å². The number of nitrogens with zero attached hydrogens (tertiary/aromatic N) is 3. The van der Waals surface area contributed by atoms with E-state index in [0.29, 0.717) is 0 Å². The first-order valence-electron chi connectivity index (χ1n) is 6.58. The third-order valence-corrected chi connectivity index (χ3v) is 3.35. The maximum absolute atomic E-state index is 4.31. The molecule has 0 fully saturated rings. The number of rotatable bonds is 4. The van der Waals surface area contributed by atoms with Crippen LogP contribution in [0.25, 0.3) is 0 Å². The summed E-state index contributed by atoms with van der Waals surface area (Å²) in [7, 11) is 1.96. The fourth-order valence-corrected chi connectivity index (χ4v) is 2.32. The van der Waals surface area contributed by atoms with Gasteiger partial charge in [-0.3, -0.25) is 4.98 Å². The molecule has 0 saturated carbocycles. The standard InChI is InChI=1S/C15H20N4/c1-5-14-12(8-11(3)18-19-14)15(16-4)13-9-17-7-6-10(13)2/h6-9,15-16H,5H2,1-4H3. The largest absolute Gasteiger partial charge is 0.309 e. The SMILES string of the molecule is CCc1nnc(C)cc1C(NC)c1cnccc1C. The minimum absolute atomic E-state index is 0.109. The Kier molecular flexibility index (Phi) is 4.22. The lowest BCUT2D eigenvalue weighted by atomic mass is 9.95. The van der Waals surface area contributed by atoms with Crippen LogP contribution in [-0.4, -0.2) is 22.2 Å². The zero-order valence-electron chi connectivity index (χ0n) is 11.9. The number of aryl methyl sites for hydroxylation is 3. The molecule has 0 radical (unpaired) electrons. The molecule has 0 aliphatic heterocycles. The number of pyridine rings is 1. The molecule has 1 atom stereocenters. The van der Waals surface area contributed by atoms with Crippen LogP contribution in [0.3, 0.4) is 0 Å². The van der Waals surface area contributed by atoms with Crippen LogP contribution >= 0.6 is 0 Å². The van der Waals surface area contributed by atoms with E-state index in [4.69, 9.17) is 0 Å². The Hall–Kier alpha value is -1.81. The summed E-state index contributed by atoms with van der Waals surface area (Å²) in [6.45, 7) is 6.18. The molecule has 0 saturated heterocycles. The number of aromatic nitrogens is 3. The van der Waals surface area contributed by atoms with Crippen molar-refractivity contribution in [2.75, 3.05) is 7.05 Å². The van der Waals surface area contributed by atoms with Crippen LogP contribution in [0.5, 0.6) is 0 Å². The minimum atomic E-state index is 0.109. The van der Waals surface area contributed by atoms with Gasteiger partial charge >= 0.3 is 0 Å². The molecular weight excluding hydrogens is 236 g/mol. The highest BCUT2D eigenvalue weighted by Crippen LogP contribution is 2.26. The van der Waals surface area contributed by atoms with Gasteiger partial charge < -0.3 is 5.32 Å². The molecule has 4 nitrogen and oxygen atoms in total. The average molecular weight is 256 g/mol. The maximum Gasteiger partial charge on any atom is 0.0679 e. The van der Waals surface area contributed by atoms with Crippen molar-refractivity contribution in [1.82, 2.24) is 20.5 Å². The molecule has 19 heavy (non-hydrogen) atoms. The molecule has 0 aliphatic rings. The van der Waals surface area contributed by atoms with E-state index in [1.54, 1.807) is 0 Å². The van der Waals surface area contributed by atoms with E-state index in [1.807, 2.05) is 32.4 Å². The first kappa shape index (κ1) is 13.6. The van der Waals surface area contributed by atoms with Gasteiger partial charge in [0.05, 0.1) is 17.4 Å². The Labute approximate surface area is 114 Å². The van der Waals surface area contributed by atoms with Crippen LogP contribution in [-0.2, 0) is 6.42 Å². The van der Waals surface area contributed by atoms with Gasteiger partial charge in [0, 0.05) is 12.4 Å². The summed E-state index contributed by atoms with van der Waals surface area (Å²) < 4.78 is 0. The van der Waals surface area contributed by atoms with Gasteiger partial charge in [-0.2, -0.15) is 10.2 Å². The van der Waals surface area contributed by atoms with Gasteiger partial charge in [-0.25, -0.2) is 0 Å². The Morgan fingerprint density at radius 2 is 2.00 bits per heavy atom. The third-order valence-electron chi connectivity index (χ3n) is 3.35. The van der Waals surface area contributed by atoms with Gasteiger partial charge in [-0.15, -0.1) is 0 Å². The number of nitrogens with one attached hydrogen (secondary N) is 1. The summed E-state index contributed by atoms with van der Waals surface area (Å²) >= 11 is 0. The second-order valence-electron chi connectivity index (χ2n) is 4.70. The Morgan fingerprint density at radius 1 is 1.21 bits per heavy atom. The average Bonchev–Trinajstić information content (AvgIpc) is 2.42. The molecule has 0 spiro atoms. The third kappa shape index (κ3) is 2.79. The maximum atomic E-state index is 4.31. The molecular formula is C15H20N4. The highest BCUT2D eigenvalue weighted by Gasteiger charge is 2.18. The van der Waals surface area contributed by atoms with E-state index in [1.165, 1.54) is 16.7 Å². The lowest BCUT2D eigenvalue weighted by molar-refractivity contribution is 0.662. The van der Waals surface area contributed by atoms with Gasteiger partial charge in [0.2, 0.25) is 0 Å². The summed E-state index contributed by atoms with van der Waals surface area (Å²) in [4.78, 5) is 4.24. The van der Waals surface area contributed by atoms with Crippen LogP contribution in [0.15, 0.2) is 24.5 Å². The van der Waals surface area contributed by atoms with Crippen molar-refractivity contribution in [3.05, 3.63) is 52.6 Å². The second kappa shape index (κ2) is 5.89. The molecule has 0 amide bonds. The molecule has 1 unspecified atom stereocenters. The van der Waals surface area contributed by atoms with E-state index in [9.17, 15) is 0 Å². The van der Waals surface area contributed by atoms with Crippen molar-refractivity contribution < 1.29 is 0 Å². The van der Waals surface area contributed by atoms with E-state index in [2.05, 4.69) is 40.4 Å². The molecule has 1 N–H and O–H groups in total. The number of hydrogen-bond donors (Lipinski definition) is 1. The summed E-state index contributed by atoms with van der Waals surface area (Å²) in [6.07, 6.45) is 4.62. The fraction of sp³-hybridized carbons (Fsp3) is 0.400. The quantitative estimate of drug-likeness (QED) is 0.912. The first-order valence-corrected chi connectivity index (χ1v) is 6.58. The van der Waals surface area contributed by atoms with Crippen molar-refractivity contribution >= 4 is 0 Å². The molecule has 4 heteroatoms. The van der Waals surface area contributed by atoms with E-state index in [0.717, 1.165) is 17.8 Å². The van der Waals surface area contributed by atoms with Crippen LogP contribution in [0.1, 0.15) is 41.0 Å². The molecule has 0 aliphatic carbocycles. The second-order valence-corrected chi connectivity index (χ2v) is 4.70. The van der Waals surface area contributed by atoms with Crippen molar-refractivity contribution in [1.29, 1.82) is 0 Å².